The lowest BCUT2D eigenvalue weighted by Gasteiger charge is -2.35. The van der Waals surface area contributed by atoms with Gasteiger partial charge in [-0.15, -0.1) is 0 Å². The summed E-state index contributed by atoms with van der Waals surface area (Å²) >= 11 is 1.43. The first-order valence-electron chi connectivity index (χ1n) is 9.33. The summed E-state index contributed by atoms with van der Waals surface area (Å²) in [7, 11) is 0. The number of amides is 1. The van der Waals surface area contributed by atoms with Crippen LogP contribution in [-0.4, -0.2) is 41.3 Å². The third kappa shape index (κ3) is 4.46. The standard InChI is InChI=1S/C22H22N2O3S/c1-15-13-24(14-16(2)26-15)22-23-21(25)20(28-22)12-17-7-6-10-19(11-17)27-18-8-4-3-5-9-18/h3-12,15-16H,13-14H2,1-2H3/b20-12-. The Morgan fingerprint density at radius 1 is 1.07 bits per heavy atom. The molecule has 0 spiro atoms. The van der Waals surface area contributed by atoms with Crippen molar-refractivity contribution in [3.8, 4) is 11.5 Å². The maximum absolute atomic E-state index is 12.4. The van der Waals surface area contributed by atoms with E-state index in [1.807, 2.05) is 74.5 Å². The molecule has 1 saturated heterocycles. The van der Waals surface area contributed by atoms with Gasteiger partial charge in [0.1, 0.15) is 11.5 Å². The Morgan fingerprint density at radius 2 is 1.79 bits per heavy atom. The summed E-state index contributed by atoms with van der Waals surface area (Å²) in [6.45, 7) is 5.58. The summed E-state index contributed by atoms with van der Waals surface area (Å²) in [6.07, 6.45) is 2.12. The van der Waals surface area contributed by atoms with Gasteiger partial charge in [-0.1, -0.05) is 30.3 Å². The minimum Gasteiger partial charge on any atom is -0.457 e. The first-order valence-corrected chi connectivity index (χ1v) is 10.1. The number of carbonyl (C=O) groups excluding carboxylic acids is 1. The van der Waals surface area contributed by atoms with Crippen LogP contribution < -0.4 is 4.74 Å². The second-order valence-electron chi connectivity index (χ2n) is 6.96. The molecule has 2 aromatic carbocycles. The number of carbonyl (C=O) groups is 1. The highest BCUT2D eigenvalue weighted by Crippen LogP contribution is 2.32. The molecular weight excluding hydrogens is 372 g/mol. The molecule has 6 heteroatoms. The van der Waals surface area contributed by atoms with Gasteiger partial charge in [0.2, 0.25) is 0 Å². The topological polar surface area (TPSA) is 51.1 Å². The molecule has 2 aromatic rings. The molecule has 0 saturated carbocycles. The van der Waals surface area contributed by atoms with Crippen LogP contribution in [0, 0.1) is 0 Å². The Kier molecular flexibility index (Phi) is 5.50. The number of benzene rings is 2. The van der Waals surface area contributed by atoms with E-state index in [1.165, 1.54) is 11.8 Å². The summed E-state index contributed by atoms with van der Waals surface area (Å²) < 4.78 is 11.6. The van der Waals surface area contributed by atoms with Crippen LogP contribution in [-0.2, 0) is 9.53 Å². The fourth-order valence-corrected chi connectivity index (χ4v) is 4.24. The lowest BCUT2D eigenvalue weighted by Crippen LogP contribution is -2.47. The largest absolute Gasteiger partial charge is 0.457 e. The van der Waals surface area contributed by atoms with E-state index in [0.29, 0.717) is 4.91 Å². The smallest absolute Gasteiger partial charge is 0.286 e. The number of rotatable bonds is 3. The number of ether oxygens (including phenoxy) is 2. The van der Waals surface area contributed by atoms with E-state index in [2.05, 4.69) is 9.89 Å². The number of aliphatic imine (C=N–C) groups is 1. The zero-order chi connectivity index (χ0) is 19.5. The van der Waals surface area contributed by atoms with E-state index in [-0.39, 0.29) is 18.1 Å². The monoisotopic (exact) mass is 394 g/mol. The zero-order valence-corrected chi connectivity index (χ0v) is 16.7. The van der Waals surface area contributed by atoms with Gasteiger partial charge in [-0.25, -0.2) is 0 Å². The average Bonchev–Trinajstić information content (AvgIpc) is 3.03. The lowest BCUT2D eigenvalue weighted by molar-refractivity contribution is -0.113. The summed E-state index contributed by atoms with van der Waals surface area (Å²) in [5.41, 5.74) is 0.907. The Hall–Kier alpha value is -2.57. The third-order valence-corrected chi connectivity index (χ3v) is 5.48. The zero-order valence-electron chi connectivity index (χ0n) is 15.9. The van der Waals surface area contributed by atoms with Crippen LogP contribution in [0.1, 0.15) is 19.4 Å². The molecule has 0 aromatic heterocycles. The minimum absolute atomic E-state index is 0.127. The molecule has 0 bridgehead atoms. The maximum atomic E-state index is 12.4. The maximum Gasteiger partial charge on any atom is 0.286 e. The van der Waals surface area contributed by atoms with E-state index in [9.17, 15) is 4.79 Å². The molecule has 2 aliphatic heterocycles. The molecule has 0 aliphatic carbocycles. The average molecular weight is 394 g/mol. The van der Waals surface area contributed by atoms with Gasteiger partial charge >= 0.3 is 0 Å². The lowest BCUT2D eigenvalue weighted by atomic mass is 10.2. The molecule has 0 N–H and O–H groups in total. The van der Waals surface area contributed by atoms with Crippen molar-refractivity contribution in [2.75, 3.05) is 13.1 Å². The van der Waals surface area contributed by atoms with Crippen LogP contribution in [0.5, 0.6) is 11.5 Å². The van der Waals surface area contributed by atoms with Gasteiger partial charge in [0.25, 0.3) is 5.91 Å². The fraction of sp³-hybridized carbons (Fsp3) is 0.273. The molecule has 1 amide bonds. The molecular formula is C22H22N2O3S. The van der Waals surface area contributed by atoms with Gasteiger partial charge in [0, 0.05) is 13.1 Å². The Balaban J connectivity index is 1.48. The van der Waals surface area contributed by atoms with Crippen LogP contribution in [0.2, 0.25) is 0 Å². The molecule has 2 heterocycles. The second kappa shape index (κ2) is 8.20. The van der Waals surface area contributed by atoms with Gasteiger partial charge < -0.3 is 14.4 Å². The molecule has 2 unspecified atom stereocenters. The number of thioether (sulfide) groups is 1. The minimum atomic E-state index is -0.193. The van der Waals surface area contributed by atoms with E-state index in [1.54, 1.807) is 0 Å². The molecule has 144 valence electrons. The molecule has 2 aliphatic rings. The van der Waals surface area contributed by atoms with E-state index < -0.39 is 0 Å². The molecule has 28 heavy (non-hydrogen) atoms. The van der Waals surface area contributed by atoms with Gasteiger partial charge in [-0.3, -0.25) is 4.79 Å². The highest BCUT2D eigenvalue weighted by molar-refractivity contribution is 8.18. The second-order valence-corrected chi connectivity index (χ2v) is 7.97. The van der Waals surface area contributed by atoms with Crippen molar-refractivity contribution in [1.82, 2.24) is 4.90 Å². The summed E-state index contributed by atoms with van der Waals surface area (Å²) in [4.78, 5) is 19.4. The van der Waals surface area contributed by atoms with Gasteiger partial charge in [-0.2, -0.15) is 4.99 Å². The number of hydrogen-bond acceptors (Lipinski definition) is 5. The van der Waals surface area contributed by atoms with E-state index in [0.717, 1.165) is 35.3 Å². The number of amidine groups is 1. The van der Waals surface area contributed by atoms with Crippen molar-refractivity contribution in [1.29, 1.82) is 0 Å². The molecule has 4 rings (SSSR count). The van der Waals surface area contributed by atoms with Crippen LogP contribution >= 0.6 is 11.8 Å². The van der Waals surface area contributed by atoms with E-state index in [4.69, 9.17) is 9.47 Å². The summed E-state index contributed by atoms with van der Waals surface area (Å²) in [5.74, 6) is 1.31. The van der Waals surface area contributed by atoms with Crippen molar-refractivity contribution in [2.24, 2.45) is 4.99 Å². The van der Waals surface area contributed by atoms with Crippen molar-refractivity contribution in [3.63, 3.8) is 0 Å². The van der Waals surface area contributed by atoms with Crippen molar-refractivity contribution >= 4 is 28.9 Å². The Morgan fingerprint density at radius 3 is 2.54 bits per heavy atom. The number of nitrogens with zero attached hydrogens (tertiary/aromatic N) is 2. The fourth-order valence-electron chi connectivity index (χ4n) is 3.31. The molecule has 2 atom stereocenters. The highest BCUT2D eigenvalue weighted by atomic mass is 32.2. The SMILES string of the molecule is CC1CN(C2=NC(=O)/C(=C/c3cccc(Oc4ccccc4)c3)S2)CC(C)O1. The first kappa shape index (κ1) is 18.8. The predicted molar refractivity (Wildman–Crippen MR) is 113 cm³/mol. The summed E-state index contributed by atoms with van der Waals surface area (Å²) in [5, 5.41) is 0.759. The normalized spacial score (nSPS) is 23.8. The third-order valence-electron chi connectivity index (χ3n) is 4.43. The quantitative estimate of drug-likeness (QED) is 0.715. The van der Waals surface area contributed by atoms with E-state index >= 15 is 0 Å². The van der Waals surface area contributed by atoms with Crippen LogP contribution in [0.4, 0.5) is 0 Å². The van der Waals surface area contributed by atoms with Crippen LogP contribution in [0.3, 0.4) is 0 Å². The molecule has 5 nitrogen and oxygen atoms in total. The number of hydrogen-bond donors (Lipinski definition) is 0. The van der Waals surface area contributed by atoms with Crippen LogP contribution in [0.25, 0.3) is 6.08 Å². The molecule has 1 fully saturated rings. The predicted octanol–water partition coefficient (Wildman–Crippen LogP) is 4.56. The first-order chi connectivity index (χ1) is 13.6. The van der Waals surface area contributed by atoms with Crippen molar-refractivity contribution in [2.45, 2.75) is 26.1 Å². The summed E-state index contributed by atoms with van der Waals surface area (Å²) in [6, 6.07) is 17.3. The Labute approximate surface area is 169 Å². The molecule has 0 radical (unpaired) electrons. The van der Waals surface area contributed by atoms with Gasteiger partial charge in [0.05, 0.1) is 17.1 Å². The van der Waals surface area contributed by atoms with Gasteiger partial charge in [-0.05, 0) is 61.5 Å². The Bertz CT molecular complexity index is 916. The number of para-hydroxylation sites is 1. The van der Waals surface area contributed by atoms with Gasteiger partial charge in [0.15, 0.2) is 5.17 Å². The van der Waals surface area contributed by atoms with Crippen molar-refractivity contribution in [3.05, 3.63) is 65.1 Å². The highest BCUT2D eigenvalue weighted by Gasteiger charge is 2.30. The number of morpholine rings is 1. The van der Waals surface area contributed by atoms with Crippen LogP contribution in [0.15, 0.2) is 64.5 Å². The van der Waals surface area contributed by atoms with Crippen molar-refractivity contribution < 1.29 is 14.3 Å².